The van der Waals surface area contributed by atoms with Crippen LogP contribution in [0.15, 0.2) is 47.6 Å². The first-order chi connectivity index (χ1) is 11.6. The predicted octanol–water partition coefficient (Wildman–Crippen LogP) is 2.86. The molecule has 128 valence electrons. The van der Waals surface area contributed by atoms with Gasteiger partial charge in [0.2, 0.25) is 0 Å². The van der Waals surface area contributed by atoms with Crippen molar-refractivity contribution in [1.29, 1.82) is 0 Å². The van der Waals surface area contributed by atoms with E-state index in [0.29, 0.717) is 24.6 Å². The van der Waals surface area contributed by atoms with Gasteiger partial charge < -0.3 is 15.4 Å². The number of aliphatic imine (C=N–C) groups is 1. The number of ether oxygens (including phenoxy) is 1. The number of guanidine groups is 1. The number of hydrogen-bond acceptors (Lipinski definition) is 3. The first-order valence-corrected chi connectivity index (χ1v) is 7.48. The van der Waals surface area contributed by atoms with Crippen molar-refractivity contribution in [2.75, 3.05) is 7.05 Å². The normalized spacial score (nSPS) is 11.5. The van der Waals surface area contributed by atoms with Crippen LogP contribution in [-0.2, 0) is 13.1 Å². The van der Waals surface area contributed by atoms with Gasteiger partial charge in [-0.05, 0) is 24.6 Å². The summed E-state index contributed by atoms with van der Waals surface area (Å²) in [5.74, 6) is 0.697. The molecule has 0 saturated heterocycles. The largest absolute Gasteiger partial charge is 0.434 e. The zero-order valence-corrected chi connectivity index (χ0v) is 13.6. The summed E-state index contributed by atoms with van der Waals surface area (Å²) in [7, 11) is 1.64. The Balaban J connectivity index is 1.94. The van der Waals surface area contributed by atoms with Gasteiger partial charge >= 0.3 is 6.61 Å². The van der Waals surface area contributed by atoms with Crippen LogP contribution in [0.2, 0.25) is 0 Å². The SMILES string of the molecule is CN=C(NCc1ccccc1OC(F)F)NCc1ncccc1C. The summed E-state index contributed by atoms with van der Waals surface area (Å²) >= 11 is 0. The lowest BCUT2D eigenvalue weighted by Gasteiger charge is -2.14. The summed E-state index contributed by atoms with van der Waals surface area (Å²) < 4.78 is 29.4. The minimum Gasteiger partial charge on any atom is -0.434 e. The van der Waals surface area contributed by atoms with Gasteiger partial charge in [-0.3, -0.25) is 9.98 Å². The van der Waals surface area contributed by atoms with E-state index in [1.807, 2.05) is 19.1 Å². The van der Waals surface area contributed by atoms with E-state index in [1.165, 1.54) is 6.07 Å². The number of para-hydroxylation sites is 1. The fourth-order valence-corrected chi connectivity index (χ4v) is 2.13. The second kappa shape index (κ2) is 8.81. The van der Waals surface area contributed by atoms with Crippen LogP contribution < -0.4 is 15.4 Å². The molecular formula is C17H20F2N4O. The molecule has 5 nitrogen and oxygen atoms in total. The minimum absolute atomic E-state index is 0.149. The molecule has 24 heavy (non-hydrogen) atoms. The van der Waals surface area contributed by atoms with E-state index >= 15 is 0 Å². The van der Waals surface area contributed by atoms with Gasteiger partial charge in [-0.15, -0.1) is 0 Å². The number of nitrogens with one attached hydrogen (secondary N) is 2. The standard InChI is InChI=1S/C17H20F2N4O/c1-12-6-5-9-21-14(12)11-23-17(20-2)22-10-13-7-3-4-8-15(13)24-16(18)19/h3-9,16H,10-11H2,1-2H3,(H2,20,22,23). The summed E-state index contributed by atoms with van der Waals surface area (Å²) in [6.45, 7) is -0.0422. The number of aryl methyl sites for hydroxylation is 1. The Morgan fingerprint density at radius 1 is 1.17 bits per heavy atom. The van der Waals surface area contributed by atoms with E-state index < -0.39 is 6.61 Å². The van der Waals surface area contributed by atoms with E-state index in [-0.39, 0.29) is 5.75 Å². The molecule has 7 heteroatoms. The predicted molar refractivity (Wildman–Crippen MR) is 89.1 cm³/mol. The average molecular weight is 334 g/mol. The fourth-order valence-electron chi connectivity index (χ4n) is 2.13. The number of halogens is 2. The number of pyridine rings is 1. The first kappa shape index (κ1) is 17.7. The summed E-state index contributed by atoms with van der Waals surface area (Å²) in [5, 5.41) is 6.22. The van der Waals surface area contributed by atoms with Crippen LogP contribution >= 0.6 is 0 Å². The van der Waals surface area contributed by atoms with E-state index in [9.17, 15) is 8.78 Å². The van der Waals surface area contributed by atoms with Gasteiger partial charge in [0.1, 0.15) is 5.75 Å². The van der Waals surface area contributed by atoms with Gasteiger partial charge in [0.25, 0.3) is 0 Å². The van der Waals surface area contributed by atoms with Gasteiger partial charge in [0, 0.05) is 25.4 Å². The first-order valence-electron chi connectivity index (χ1n) is 7.48. The van der Waals surface area contributed by atoms with E-state index in [2.05, 4.69) is 25.3 Å². The highest BCUT2D eigenvalue weighted by Gasteiger charge is 2.09. The Labute approximate surface area is 139 Å². The monoisotopic (exact) mass is 334 g/mol. The van der Waals surface area contributed by atoms with Crippen LogP contribution in [0.1, 0.15) is 16.8 Å². The Bertz CT molecular complexity index is 692. The van der Waals surface area contributed by atoms with Crippen LogP contribution in [0, 0.1) is 6.92 Å². The van der Waals surface area contributed by atoms with E-state index in [0.717, 1.165) is 11.3 Å². The van der Waals surface area contributed by atoms with Crippen molar-refractivity contribution < 1.29 is 13.5 Å². The Morgan fingerprint density at radius 2 is 1.92 bits per heavy atom. The molecule has 0 bridgehead atoms. The maximum atomic E-state index is 12.4. The Morgan fingerprint density at radius 3 is 2.62 bits per heavy atom. The van der Waals surface area contributed by atoms with Crippen LogP contribution in [0.4, 0.5) is 8.78 Å². The van der Waals surface area contributed by atoms with E-state index in [1.54, 1.807) is 31.4 Å². The third kappa shape index (κ3) is 5.19. The maximum absolute atomic E-state index is 12.4. The average Bonchev–Trinajstić information content (AvgIpc) is 2.57. The molecule has 0 aliphatic rings. The van der Waals surface area contributed by atoms with Crippen molar-refractivity contribution in [3.05, 3.63) is 59.4 Å². The summed E-state index contributed by atoms with van der Waals surface area (Å²) in [6, 6.07) is 10.5. The smallest absolute Gasteiger partial charge is 0.387 e. The fraction of sp³-hybridized carbons (Fsp3) is 0.294. The van der Waals surface area contributed by atoms with Gasteiger partial charge in [0.15, 0.2) is 5.96 Å². The highest BCUT2D eigenvalue weighted by molar-refractivity contribution is 5.79. The highest BCUT2D eigenvalue weighted by Crippen LogP contribution is 2.19. The number of nitrogens with zero attached hydrogens (tertiary/aromatic N) is 2. The lowest BCUT2D eigenvalue weighted by molar-refractivity contribution is -0.0504. The van der Waals surface area contributed by atoms with Crippen molar-refractivity contribution in [2.24, 2.45) is 4.99 Å². The maximum Gasteiger partial charge on any atom is 0.387 e. The van der Waals surface area contributed by atoms with Gasteiger partial charge in [0.05, 0.1) is 12.2 Å². The Kier molecular flexibility index (Phi) is 6.48. The van der Waals surface area contributed by atoms with Crippen molar-refractivity contribution >= 4 is 5.96 Å². The van der Waals surface area contributed by atoms with Crippen LogP contribution in [0.5, 0.6) is 5.75 Å². The van der Waals surface area contributed by atoms with Crippen molar-refractivity contribution in [1.82, 2.24) is 15.6 Å². The molecule has 0 aliphatic heterocycles. The third-order valence-electron chi connectivity index (χ3n) is 3.40. The molecule has 1 heterocycles. The number of hydrogen-bond donors (Lipinski definition) is 2. The molecule has 0 atom stereocenters. The number of alkyl halides is 2. The van der Waals surface area contributed by atoms with Crippen molar-refractivity contribution in [3.63, 3.8) is 0 Å². The summed E-state index contributed by atoms with van der Waals surface area (Å²) in [6.07, 6.45) is 1.73. The number of rotatable bonds is 6. The molecule has 2 aromatic rings. The molecule has 2 N–H and O–H groups in total. The lowest BCUT2D eigenvalue weighted by atomic mass is 10.2. The highest BCUT2D eigenvalue weighted by atomic mass is 19.3. The molecule has 2 rings (SSSR count). The van der Waals surface area contributed by atoms with Crippen LogP contribution in [0.3, 0.4) is 0 Å². The molecule has 0 aliphatic carbocycles. The zero-order chi connectivity index (χ0) is 17.4. The van der Waals surface area contributed by atoms with Gasteiger partial charge in [-0.25, -0.2) is 0 Å². The van der Waals surface area contributed by atoms with Crippen molar-refractivity contribution in [2.45, 2.75) is 26.6 Å². The van der Waals surface area contributed by atoms with Crippen molar-refractivity contribution in [3.8, 4) is 5.75 Å². The zero-order valence-electron chi connectivity index (χ0n) is 13.6. The topological polar surface area (TPSA) is 58.5 Å². The van der Waals surface area contributed by atoms with Gasteiger partial charge in [-0.1, -0.05) is 24.3 Å². The lowest BCUT2D eigenvalue weighted by Crippen LogP contribution is -2.36. The second-order valence-corrected chi connectivity index (χ2v) is 5.03. The molecule has 0 spiro atoms. The third-order valence-corrected chi connectivity index (χ3v) is 3.40. The molecule has 0 amide bonds. The second-order valence-electron chi connectivity index (χ2n) is 5.03. The number of aromatic nitrogens is 1. The van der Waals surface area contributed by atoms with E-state index in [4.69, 9.17) is 0 Å². The molecule has 0 saturated carbocycles. The molecule has 1 aromatic carbocycles. The summed E-state index contributed by atoms with van der Waals surface area (Å²) in [4.78, 5) is 8.42. The molecular weight excluding hydrogens is 314 g/mol. The number of benzene rings is 1. The quantitative estimate of drug-likeness (QED) is 0.630. The minimum atomic E-state index is -2.85. The molecule has 0 radical (unpaired) electrons. The van der Waals surface area contributed by atoms with Crippen LogP contribution in [0.25, 0.3) is 0 Å². The molecule has 1 aromatic heterocycles. The van der Waals surface area contributed by atoms with Crippen LogP contribution in [-0.4, -0.2) is 24.6 Å². The molecule has 0 fully saturated rings. The molecule has 0 unspecified atom stereocenters. The van der Waals surface area contributed by atoms with Gasteiger partial charge in [-0.2, -0.15) is 8.78 Å². The summed E-state index contributed by atoms with van der Waals surface area (Å²) in [5.41, 5.74) is 2.62. The Hall–Kier alpha value is -2.70.